The summed E-state index contributed by atoms with van der Waals surface area (Å²) in [6, 6.07) is 1.65. The fourth-order valence-electron chi connectivity index (χ4n) is 3.66. The molecule has 1 aliphatic heterocycles. The molecule has 0 atom stereocenters. The number of rotatable bonds is 3. The van der Waals surface area contributed by atoms with Crippen LogP contribution in [0.3, 0.4) is 0 Å². The third kappa shape index (κ3) is 2.40. The van der Waals surface area contributed by atoms with Gasteiger partial charge < -0.3 is 10.7 Å². The van der Waals surface area contributed by atoms with Crippen LogP contribution in [0, 0.1) is 5.41 Å². The standard InChI is InChI=1S/C14H23N3O2S/c15-10-12-9-13(11-16-12)20(18,19)17-7-5-14(6-8-17)3-1-2-4-14/h9,11,16H,1-8,10,15H2. The summed E-state index contributed by atoms with van der Waals surface area (Å²) >= 11 is 0. The minimum absolute atomic E-state index is 0.332. The van der Waals surface area contributed by atoms with E-state index in [0.717, 1.165) is 18.5 Å². The second-order valence-corrected chi connectivity index (χ2v) is 8.11. The molecule has 2 aliphatic rings. The zero-order valence-electron chi connectivity index (χ0n) is 11.8. The van der Waals surface area contributed by atoms with Crippen molar-refractivity contribution in [3.05, 3.63) is 18.0 Å². The number of hydrogen-bond donors (Lipinski definition) is 2. The number of aromatic amines is 1. The molecule has 112 valence electrons. The quantitative estimate of drug-likeness (QED) is 0.893. The Morgan fingerprint density at radius 2 is 1.85 bits per heavy atom. The zero-order chi connectivity index (χ0) is 14.2. The van der Waals surface area contributed by atoms with Crippen LogP contribution in [0.5, 0.6) is 0 Å². The molecule has 20 heavy (non-hydrogen) atoms. The maximum absolute atomic E-state index is 12.6. The molecule has 0 radical (unpaired) electrons. The predicted molar refractivity (Wildman–Crippen MR) is 77.6 cm³/mol. The molecule has 0 amide bonds. The van der Waals surface area contributed by atoms with Crippen LogP contribution >= 0.6 is 0 Å². The number of sulfonamides is 1. The van der Waals surface area contributed by atoms with Crippen LogP contribution in [0.2, 0.25) is 0 Å². The topological polar surface area (TPSA) is 79.2 Å². The first-order valence-corrected chi connectivity index (χ1v) is 8.87. The van der Waals surface area contributed by atoms with Gasteiger partial charge in [-0.05, 0) is 37.2 Å². The summed E-state index contributed by atoms with van der Waals surface area (Å²) in [7, 11) is -3.35. The molecule has 2 fully saturated rings. The van der Waals surface area contributed by atoms with E-state index in [-0.39, 0.29) is 0 Å². The van der Waals surface area contributed by atoms with Crippen molar-refractivity contribution in [2.45, 2.75) is 50.0 Å². The van der Waals surface area contributed by atoms with Crippen LogP contribution in [0.4, 0.5) is 0 Å². The van der Waals surface area contributed by atoms with E-state index >= 15 is 0 Å². The average Bonchev–Trinajstić information content (AvgIpc) is 3.09. The summed E-state index contributed by atoms with van der Waals surface area (Å²) in [5.74, 6) is 0. The summed E-state index contributed by atoms with van der Waals surface area (Å²) in [6.45, 7) is 1.65. The molecule has 1 aliphatic carbocycles. The highest BCUT2D eigenvalue weighted by Gasteiger charge is 2.40. The van der Waals surface area contributed by atoms with Crippen molar-refractivity contribution in [3.8, 4) is 0 Å². The van der Waals surface area contributed by atoms with Crippen LogP contribution < -0.4 is 5.73 Å². The lowest BCUT2D eigenvalue weighted by Gasteiger charge is -2.38. The van der Waals surface area contributed by atoms with Crippen molar-refractivity contribution in [2.24, 2.45) is 11.1 Å². The lowest BCUT2D eigenvalue weighted by molar-refractivity contribution is 0.160. The molecule has 1 aromatic rings. The molecule has 0 unspecified atom stereocenters. The van der Waals surface area contributed by atoms with Gasteiger partial charge in [0.2, 0.25) is 10.0 Å². The van der Waals surface area contributed by atoms with Gasteiger partial charge in [0.25, 0.3) is 0 Å². The molecule has 1 saturated carbocycles. The summed E-state index contributed by atoms with van der Waals surface area (Å²) in [6.07, 6.45) is 8.76. The molecular formula is C14H23N3O2S. The number of nitrogens with two attached hydrogens (primary N) is 1. The molecule has 5 nitrogen and oxygen atoms in total. The molecule has 1 aromatic heterocycles. The minimum Gasteiger partial charge on any atom is -0.363 e. The van der Waals surface area contributed by atoms with Crippen molar-refractivity contribution in [1.82, 2.24) is 9.29 Å². The molecular weight excluding hydrogens is 274 g/mol. The van der Waals surface area contributed by atoms with E-state index in [0.29, 0.717) is 29.9 Å². The fourth-order valence-corrected chi connectivity index (χ4v) is 5.12. The Kier molecular flexibility index (Phi) is 3.64. The smallest absolute Gasteiger partial charge is 0.244 e. The first-order chi connectivity index (χ1) is 9.56. The highest BCUT2D eigenvalue weighted by molar-refractivity contribution is 7.89. The van der Waals surface area contributed by atoms with Crippen molar-refractivity contribution >= 4 is 10.0 Å². The maximum Gasteiger partial charge on any atom is 0.244 e. The van der Waals surface area contributed by atoms with Gasteiger partial charge in [0.05, 0.1) is 4.90 Å². The fraction of sp³-hybridized carbons (Fsp3) is 0.714. The molecule has 1 spiro atoms. The monoisotopic (exact) mass is 297 g/mol. The van der Waals surface area contributed by atoms with Crippen LogP contribution in [0.15, 0.2) is 17.2 Å². The predicted octanol–water partition coefficient (Wildman–Crippen LogP) is 1.82. The van der Waals surface area contributed by atoms with Crippen LogP contribution in [0.1, 0.15) is 44.2 Å². The van der Waals surface area contributed by atoms with Gasteiger partial charge in [0.1, 0.15) is 0 Å². The van der Waals surface area contributed by atoms with Crippen molar-refractivity contribution in [2.75, 3.05) is 13.1 Å². The summed E-state index contributed by atoms with van der Waals surface area (Å²) in [5, 5.41) is 0. The lowest BCUT2D eigenvalue weighted by Crippen LogP contribution is -2.42. The lowest BCUT2D eigenvalue weighted by atomic mass is 9.78. The van der Waals surface area contributed by atoms with E-state index < -0.39 is 10.0 Å². The number of nitrogens with zero attached hydrogens (tertiary/aromatic N) is 1. The van der Waals surface area contributed by atoms with Crippen molar-refractivity contribution in [3.63, 3.8) is 0 Å². The van der Waals surface area contributed by atoms with Crippen molar-refractivity contribution < 1.29 is 8.42 Å². The van der Waals surface area contributed by atoms with Crippen LogP contribution in [0.25, 0.3) is 0 Å². The molecule has 3 N–H and O–H groups in total. The zero-order valence-corrected chi connectivity index (χ0v) is 12.6. The molecule has 0 bridgehead atoms. The highest BCUT2D eigenvalue weighted by Crippen LogP contribution is 2.46. The van der Waals surface area contributed by atoms with E-state index in [1.807, 2.05) is 0 Å². The van der Waals surface area contributed by atoms with Gasteiger partial charge in [-0.25, -0.2) is 8.42 Å². The summed E-state index contributed by atoms with van der Waals surface area (Å²) in [5.41, 5.74) is 6.72. The maximum atomic E-state index is 12.6. The molecule has 3 rings (SSSR count). The Balaban J connectivity index is 1.73. The first kappa shape index (κ1) is 14.1. The van der Waals surface area contributed by atoms with E-state index in [2.05, 4.69) is 4.98 Å². The van der Waals surface area contributed by atoms with Gasteiger partial charge in [0, 0.05) is 31.5 Å². The Morgan fingerprint density at radius 1 is 1.20 bits per heavy atom. The number of hydrogen-bond acceptors (Lipinski definition) is 3. The average molecular weight is 297 g/mol. The molecule has 1 saturated heterocycles. The number of piperidine rings is 1. The molecule has 0 aromatic carbocycles. The minimum atomic E-state index is -3.35. The van der Waals surface area contributed by atoms with Gasteiger partial charge in [-0.1, -0.05) is 12.8 Å². The van der Waals surface area contributed by atoms with Crippen LogP contribution in [-0.4, -0.2) is 30.8 Å². The second kappa shape index (κ2) is 5.16. The molecule has 6 heteroatoms. The largest absolute Gasteiger partial charge is 0.363 e. The SMILES string of the molecule is NCc1cc(S(=O)(=O)N2CCC3(CCCC3)CC2)c[nH]1. The number of aromatic nitrogens is 1. The molecule has 2 heterocycles. The van der Waals surface area contributed by atoms with Gasteiger partial charge >= 0.3 is 0 Å². The van der Waals surface area contributed by atoms with Crippen molar-refractivity contribution in [1.29, 1.82) is 0 Å². The van der Waals surface area contributed by atoms with Gasteiger partial charge in [0.15, 0.2) is 0 Å². The Bertz CT molecular complexity index is 563. The first-order valence-electron chi connectivity index (χ1n) is 7.43. The number of H-pyrrole nitrogens is 1. The number of nitrogens with one attached hydrogen (secondary N) is 1. The third-order valence-electron chi connectivity index (χ3n) is 5.02. The Hall–Kier alpha value is -0.850. The summed E-state index contributed by atoms with van der Waals surface area (Å²) in [4.78, 5) is 3.27. The highest BCUT2D eigenvalue weighted by atomic mass is 32.2. The van der Waals surface area contributed by atoms with Gasteiger partial charge in [-0.15, -0.1) is 0 Å². The summed E-state index contributed by atoms with van der Waals surface area (Å²) < 4.78 is 26.8. The van der Waals surface area contributed by atoms with Gasteiger partial charge in [-0.3, -0.25) is 0 Å². The van der Waals surface area contributed by atoms with Gasteiger partial charge in [-0.2, -0.15) is 4.31 Å². The van der Waals surface area contributed by atoms with Crippen LogP contribution in [-0.2, 0) is 16.6 Å². The Labute approximate surface area is 120 Å². The van der Waals surface area contributed by atoms with E-state index in [1.54, 1.807) is 16.6 Å². The Morgan fingerprint density at radius 3 is 2.40 bits per heavy atom. The van der Waals surface area contributed by atoms with E-state index in [1.165, 1.54) is 25.7 Å². The third-order valence-corrected chi connectivity index (χ3v) is 6.90. The van der Waals surface area contributed by atoms with E-state index in [4.69, 9.17) is 5.73 Å². The van der Waals surface area contributed by atoms with E-state index in [9.17, 15) is 8.42 Å². The second-order valence-electron chi connectivity index (χ2n) is 6.18. The normalized spacial score (nSPS) is 23.4.